The molecule has 0 aromatic carbocycles. The normalized spacial score (nSPS) is 27.6. The number of hydrogen-bond donors (Lipinski definition) is 1. The van der Waals surface area contributed by atoms with Gasteiger partial charge in [-0.2, -0.15) is 0 Å². The summed E-state index contributed by atoms with van der Waals surface area (Å²) in [5.74, 6) is 0. The Morgan fingerprint density at radius 2 is 2.13 bits per heavy atom. The van der Waals surface area contributed by atoms with E-state index >= 15 is 0 Å². The van der Waals surface area contributed by atoms with Gasteiger partial charge in [-0.15, -0.1) is 0 Å². The van der Waals surface area contributed by atoms with Gasteiger partial charge in [-0.1, -0.05) is 6.42 Å². The lowest BCUT2D eigenvalue weighted by atomic mass is 9.90. The van der Waals surface area contributed by atoms with Crippen LogP contribution in [0.5, 0.6) is 0 Å². The van der Waals surface area contributed by atoms with Gasteiger partial charge >= 0.3 is 0 Å². The molecule has 0 bridgehead atoms. The Morgan fingerprint density at radius 1 is 1.40 bits per heavy atom. The first-order chi connectivity index (χ1) is 7.15. The molecule has 1 aliphatic carbocycles. The van der Waals surface area contributed by atoms with Crippen LogP contribution in [0.4, 0.5) is 0 Å². The highest BCUT2D eigenvalue weighted by atomic mass is 16.5. The molecule has 15 heavy (non-hydrogen) atoms. The van der Waals surface area contributed by atoms with Gasteiger partial charge in [0.2, 0.25) is 0 Å². The van der Waals surface area contributed by atoms with E-state index in [1.807, 2.05) is 0 Å². The molecule has 2 unspecified atom stereocenters. The average Bonchev–Trinajstić information content (AvgIpc) is 2.18. The minimum atomic E-state index is 0.410. The summed E-state index contributed by atoms with van der Waals surface area (Å²) in [5.41, 5.74) is 6.03. The molecule has 0 radical (unpaired) electrons. The van der Waals surface area contributed by atoms with Crippen molar-refractivity contribution in [1.29, 1.82) is 0 Å². The maximum absolute atomic E-state index is 6.03. The first kappa shape index (κ1) is 12.9. The predicted octanol–water partition coefficient (Wildman–Crippen LogP) is 1.61. The van der Waals surface area contributed by atoms with E-state index in [-0.39, 0.29) is 0 Å². The Balaban J connectivity index is 2.46. The minimum absolute atomic E-state index is 0.410. The van der Waals surface area contributed by atoms with Gasteiger partial charge in [0.25, 0.3) is 0 Å². The first-order valence-electron chi connectivity index (χ1n) is 6.15. The van der Waals surface area contributed by atoms with Crippen molar-refractivity contribution in [3.05, 3.63) is 0 Å². The van der Waals surface area contributed by atoms with Gasteiger partial charge in [-0.25, -0.2) is 0 Å². The molecule has 0 aromatic heterocycles. The van der Waals surface area contributed by atoms with Crippen molar-refractivity contribution in [1.82, 2.24) is 4.90 Å². The van der Waals surface area contributed by atoms with Crippen LogP contribution >= 0.6 is 0 Å². The zero-order valence-corrected chi connectivity index (χ0v) is 10.4. The van der Waals surface area contributed by atoms with Crippen molar-refractivity contribution in [2.24, 2.45) is 5.73 Å². The van der Waals surface area contributed by atoms with Gasteiger partial charge in [-0.3, -0.25) is 4.90 Å². The second-order valence-corrected chi connectivity index (χ2v) is 4.90. The maximum Gasteiger partial charge on any atom is 0.0589 e. The number of methoxy groups -OCH3 is 1. The summed E-state index contributed by atoms with van der Waals surface area (Å²) in [6.07, 6.45) is 4.94. The van der Waals surface area contributed by atoms with Crippen molar-refractivity contribution in [3.63, 3.8) is 0 Å². The van der Waals surface area contributed by atoms with Crippen molar-refractivity contribution < 1.29 is 4.74 Å². The molecule has 0 aliphatic heterocycles. The lowest BCUT2D eigenvalue weighted by molar-refractivity contribution is 0.0747. The van der Waals surface area contributed by atoms with Gasteiger partial charge in [0, 0.05) is 31.8 Å². The molecule has 2 N–H and O–H groups in total. The highest BCUT2D eigenvalue weighted by Gasteiger charge is 2.26. The van der Waals surface area contributed by atoms with Crippen molar-refractivity contribution in [2.45, 2.75) is 57.7 Å². The third-order valence-corrected chi connectivity index (χ3v) is 3.37. The molecule has 0 saturated heterocycles. The van der Waals surface area contributed by atoms with Gasteiger partial charge in [0.05, 0.1) is 6.61 Å². The van der Waals surface area contributed by atoms with Gasteiger partial charge in [0.1, 0.15) is 0 Å². The molecule has 1 fully saturated rings. The zero-order valence-electron chi connectivity index (χ0n) is 10.4. The molecular formula is C12H26N2O. The fraction of sp³-hybridized carbons (Fsp3) is 1.00. The van der Waals surface area contributed by atoms with E-state index in [1.165, 1.54) is 19.3 Å². The lowest BCUT2D eigenvalue weighted by Crippen LogP contribution is -2.47. The minimum Gasteiger partial charge on any atom is -0.383 e. The standard InChI is InChI=1S/C12H26N2O/c1-10(2)14(7-8-15-3)12-6-4-5-11(13)9-12/h10-12H,4-9,13H2,1-3H3. The summed E-state index contributed by atoms with van der Waals surface area (Å²) in [6.45, 7) is 6.38. The van der Waals surface area contributed by atoms with Crippen LogP contribution in [0.15, 0.2) is 0 Å². The molecule has 0 amide bonds. The van der Waals surface area contributed by atoms with E-state index in [9.17, 15) is 0 Å². The van der Waals surface area contributed by atoms with Crippen molar-refractivity contribution in [2.75, 3.05) is 20.3 Å². The number of hydrogen-bond acceptors (Lipinski definition) is 3. The fourth-order valence-electron chi connectivity index (χ4n) is 2.56. The van der Waals surface area contributed by atoms with Crippen LogP contribution in [-0.4, -0.2) is 43.3 Å². The van der Waals surface area contributed by atoms with Gasteiger partial charge in [-0.05, 0) is 33.1 Å². The van der Waals surface area contributed by atoms with Crippen LogP contribution in [0.3, 0.4) is 0 Å². The summed E-state index contributed by atoms with van der Waals surface area (Å²) in [7, 11) is 1.77. The van der Waals surface area contributed by atoms with E-state index in [0.717, 1.165) is 19.6 Å². The molecule has 90 valence electrons. The molecule has 1 aliphatic rings. The van der Waals surface area contributed by atoms with Crippen molar-refractivity contribution >= 4 is 0 Å². The second kappa shape index (κ2) is 6.46. The molecule has 1 saturated carbocycles. The monoisotopic (exact) mass is 214 g/mol. The quantitative estimate of drug-likeness (QED) is 0.755. The average molecular weight is 214 g/mol. The summed E-state index contributed by atoms with van der Waals surface area (Å²) >= 11 is 0. The number of nitrogens with zero attached hydrogens (tertiary/aromatic N) is 1. The number of ether oxygens (including phenoxy) is 1. The molecule has 0 spiro atoms. The molecule has 2 atom stereocenters. The fourth-order valence-corrected chi connectivity index (χ4v) is 2.56. The summed E-state index contributed by atoms with van der Waals surface area (Å²) in [5, 5.41) is 0. The summed E-state index contributed by atoms with van der Waals surface area (Å²) in [6, 6.07) is 1.67. The smallest absolute Gasteiger partial charge is 0.0589 e. The third-order valence-electron chi connectivity index (χ3n) is 3.37. The molecule has 1 rings (SSSR count). The van der Waals surface area contributed by atoms with Crippen LogP contribution in [0.1, 0.15) is 39.5 Å². The molecule has 3 nitrogen and oxygen atoms in total. The molecule has 3 heteroatoms. The van der Waals surface area contributed by atoms with Crippen LogP contribution in [-0.2, 0) is 4.74 Å². The van der Waals surface area contributed by atoms with E-state index < -0.39 is 0 Å². The van der Waals surface area contributed by atoms with Crippen LogP contribution in [0.2, 0.25) is 0 Å². The predicted molar refractivity (Wildman–Crippen MR) is 63.9 cm³/mol. The maximum atomic E-state index is 6.03. The topological polar surface area (TPSA) is 38.5 Å². The van der Waals surface area contributed by atoms with E-state index in [4.69, 9.17) is 10.5 Å². The second-order valence-electron chi connectivity index (χ2n) is 4.90. The summed E-state index contributed by atoms with van der Waals surface area (Å²) in [4.78, 5) is 2.54. The Morgan fingerprint density at radius 3 is 2.67 bits per heavy atom. The summed E-state index contributed by atoms with van der Waals surface area (Å²) < 4.78 is 5.17. The van der Waals surface area contributed by atoms with Crippen LogP contribution in [0, 0.1) is 0 Å². The van der Waals surface area contributed by atoms with Crippen LogP contribution in [0.25, 0.3) is 0 Å². The number of nitrogens with two attached hydrogens (primary N) is 1. The van der Waals surface area contributed by atoms with E-state index in [1.54, 1.807) is 7.11 Å². The number of rotatable bonds is 5. The van der Waals surface area contributed by atoms with E-state index in [0.29, 0.717) is 18.1 Å². The molecule has 0 aromatic rings. The Kier molecular flexibility index (Phi) is 5.58. The molecule has 0 heterocycles. The SMILES string of the molecule is COCCN(C(C)C)C1CCCC(N)C1. The third kappa shape index (κ3) is 4.09. The Bertz CT molecular complexity index is 173. The zero-order chi connectivity index (χ0) is 11.3. The van der Waals surface area contributed by atoms with Gasteiger partial charge in [0.15, 0.2) is 0 Å². The van der Waals surface area contributed by atoms with Gasteiger partial charge < -0.3 is 10.5 Å². The lowest BCUT2D eigenvalue weighted by Gasteiger charge is -2.39. The first-order valence-corrected chi connectivity index (χ1v) is 6.15. The Hall–Kier alpha value is -0.120. The largest absolute Gasteiger partial charge is 0.383 e. The van der Waals surface area contributed by atoms with Crippen molar-refractivity contribution in [3.8, 4) is 0 Å². The highest BCUT2D eigenvalue weighted by molar-refractivity contribution is 4.83. The molecular weight excluding hydrogens is 188 g/mol. The highest BCUT2D eigenvalue weighted by Crippen LogP contribution is 2.23. The Labute approximate surface area is 94.0 Å². The van der Waals surface area contributed by atoms with Crippen LogP contribution < -0.4 is 5.73 Å². The van der Waals surface area contributed by atoms with E-state index in [2.05, 4.69) is 18.7 Å².